The molecule has 0 bridgehead atoms. The maximum absolute atomic E-state index is 12.3. The number of amides is 1. The third-order valence-electron chi connectivity index (χ3n) is 5.19. The number of carbonyl (C=O) groups is 1. The van der Waals surface area contributed by atoms with Crippen LogP contribution in [0.4, 0.5) is 0 Å². The fourth-order valence-corrected chi connectivity index (χ4v) is 3.41. The summed E-state index contributed by atoms with van der Waals surface area (Å²) < 4.78 is 5.63. The Bertz CT molecular complexity index is 693. The second-order valence-corrected chi connectivity index (χ2v) is 7.23. The molecule has 0 aliphatic carbocycles. The molecule has 1 unspecified atom stereocenters. The molecule has 1 N–H and O–H groups in total. The molecular formula is C20H29N3O2. The van der Waals surface area contributed by atoms with Crippen LogP contribution in [0.1, 0.15) is 49.1 Å². The van der Waals surface area contributed by atoms with Crippen LogP contribution >= 0.6 is 0 Å². The number of nitrogens with zero attached hydrogens (tertiary/aromatic N) is 2. The van der Waals surface area contributed by atoms with Gasteiger partial charge in [0.15, 0.2) is 0 Å². The lowest BCUT2D eigenvalue weighted by molar-refractivity contribution is -0.130. The van der Waals surface area contributed by atoms with E-state index >= 15 is 0 Å². The summed E-state index contributed by atoms with van der Waals surface area (Å²) in [5, 5.41) is 0. The maximum Gasteiger partial charge on any atom is 0.222 e. The van der Waals surface area contributed by atoms with E-state index in [2.05, 4.69) is 35.9 Å². The molecule has 1 saturated heterocycles. The maximum atomic E-state index is 12.3. The van der Waals surface area contributed by atoms with E-state index in [9.17, 15) is 4.79 Å². The van der Waals surface area contributed by atoms with E-state index in [4.69, 9.17) is 4.74 Å². The van der Waals surface area contributed by atoms with Gasteiger partial charge in [-0.3, -0.25) is 4.79 Å². The fraction of sp³-hybridized carbons (Fsp3) is 0.600. The number of aromatic amines is 1. The van der Waals surface area contributed by atoms with E-state index in [0.29, 0.717) is 18.9 Å². The number of hydrogen-bond donors (Lipinski definition) is 1. The van der Waals surface area contributed by atoms with Crippen molar-refractivity contribution in [2.45, 2.75) is 58.5 Å². The second kappa shape index (κ2) is 8.00. The van der Waals surface area contributed by atoms with Gasteiger partial charge in [0, 0.05) is 33.0 Å². The Balaban J connectivity index is 1.46. The summed E-state index contributed by atoms with van der Waals surface area (Å²) >= 11 is 0. The average Bonchev–Trinajstić information content (AvgIpc) is 3.22. The number of rotatable bonds is 7. The Hall–Kier alpha value is -1.88. The monoisotopic (exact) mass is 343 g/mol. The highest BCUT2D eigenvalue weighted by molar-refractivity contribution is 5.78. The Labute approximate surface area is 149 Å². The molecule has 25 heavy (non-hydrogen) atoms. The zero-order chi connectivity index (χ0) is 17.8. The van der Waals surface area contributed by atoms with Crippen molar-refractivity contribution in [1.82, 2.24) is 14.9 Å². The van der Waals surface area contributed by atoms with Crippen LogP contribution in [0.15, 0.2) is 12.1 Å². The van der Waals surface area contributed by atoms with Crippen LogP contribution in [0, 0.1) is 13.8 Å². The number of ether oxygens (including phenoxy) is 1. The van der Waals surface area contributed by atoms with Gasteiger partial charge < -0.3 is 14.6 Å². The molecule has 0 saturated carbocycles. The summed E-state index contributed by atoms with van der Waals surface area (Å²) in [6, 6.07) is 4.23. The molecule has 1 aliphatic heterocycles. The van der Waals surface area contributed by atoms with E-state index in [1.165, 1.54) is 24.0 Å². The Morgan fingerprint density at radius 1 is 1.36 bits per heavy atom. The minimum Gasteiger partial charge on any atom is -0.378 e. The molecule has 0 radical (unpaired) electrons. The molecule has 1 fully saturated rings. The van der Waals surface area contributed by atoms with Gasteiger partial charge in [0.25, 0.3) is 0 Å². The molecule has 136 valence electrons. The third kappa shape index (κ3) is 4.60. The Morgan fingerprint density at radius 3 is 2.92 bits per heavy atom. The fourth-order valence-electron chi connectivity index (χ4n) is 3.41. The van der Waals surface area contributed by atoms with Crippen molar-refractivity contribution in [2.24, 2.45) is 0 Å². The van der Waals surface area contributed by atoms with Gasteiger partial charge in [-0.2, -0.15) is 0 Å². The lowest BCUT2D eigenvalue weighted by Crippen LogP contribution is -2.28. The van der Waals surface area contributed by atoms with Crippen LogP contribution in [0.2, 0.25) is 0 Å². The quantitative estimate of drug-likeness (QED) is 0.837. The number of nitrogens with one attached hydrogen (secondary N) is 1. The van der Waals surface area contributed by atoms with Gasteiger partial charge in [-0.25, -0.2) is 4.98 Å². The third-order valence-corrected chi connectivity index (χ3v) is 5.19. The van der Waals surface area contributed by atoms with Crippen molar-refractivity contribution >= 4 is 16.9 Å². The van der Waals surface area contributed by atoms with Gasteiger partial charge in [-0.1, -0.05) is 0 Å². The molecular weight excluding hydrogens is 314 g/mol. The van der Waals surface area contributed by atoms with E-state index in [1.54, 1.807) is 0 Å². The van der Waals surface area contributed by atoms with E-state index in [1.807, 2.05) is 11.9 Å². The van der Waals surface area contributed by atoms with Crippen molar-refractivity contribution in [1.29, 1.82) is 0 Å². The van der Waals surface area contributed by atoms with Crippen LogP contribution in [-0.2, 0) is 16.0 Å². The van der Waals surface area contributed by atoms with Crippen molar-refractivity contribution < 1.29 is 9.53 Å². The van der Waals surface area contributed by atoms with Gasteiger partial charge in [0.1, 0.15) is 5.82 Å². The molecule has 5 nitrogen and oxygen atoms in total. The zero-order valence-corrected chi connectivity index (χ0v) is 15.6. The summed E-state index contributed by atoms with van der Waals surface area (Å²) in [4.78, 5) is 22.1. The minimum absolute atomic E-state index is 0.181. The largest absolute Gasteiger partial charge is 0.378 e. The van der Waals surface area contributed by atoms with Crippen molar-refractivity contribution in [3.63, 3.8) is 0 Å². The van der Waals surface area contributed by atoms with Crippen LogP contribution in [0.5, 0.6) is 0 Å². The van der Waals surface area contributed by atoms with Crippen LogP contribution in [0.25, 0.3) is 11.0 Å². The van der Waals surface area contributed by atoms with Crippen molar-refractivity contribution in [3.05, 3.63) is 29.1 Å². The van der Waals surface area contributed by atoms with Crippen LogP contribution in [-0.4, -0.2) is 47.1 Å². The normalized spacial score (nSPS) is 17.3. The molecule has 5 heteroatoms. The van der Waals surface area contributed by atoms with Gasteiger partial charge in [-0.05, 0) is 62.8 Å². The molecule has 2 aromatic rings. The van der Waals surface area contributed by atoms with E-state index in [0.717, 1.165) is 42.9 Å². The smallest absolute Gasteiger partial charge is 0.222 e. The summed E-state index contributed by atoms with van der Waals surface area (Å²) in [7, 11) is 1.89. The summed E-state index contributed by atoms with van der Waals surface area (Å²) in [5.41, 5.74) is 4.53. The van der Waals surface area contributed by atoms with Crippen LogP contribution < -0.4 is 0 Å². The van der Waals surface area contributed by atoms with Crippen molar-refractivity contribution in [2.75, 3.05) is 20.2 Å². The first-order chi connectivity index (χ1) is 12.0. The molecule has 1 amide bonds. The van der Waals surface area contributed by atoms with E-state index in [-0.39, 0.29) is 5.91 Å². The average molecular weight is 343 g/mol. The van der Waals surface area contributed by atoms with Gasteiger partial charge >= 0.3 is 0 Å². The highest BCUT2D eigenvalue weighted by atomic mass is 16.5. The molecule has 1 aliphatic rings. The number of H-pyrrole nitrogens is 1. The molecule has 0 spiro atoms. The number of fused-ring (bicyclic) bond motifs is 1. The predicted molar refractivity (Wildman–Crippen MR) is 99.7 cm³/mol. The first-order valence-electron chi connectivity index (χ1n) is 9.34. The number of benzene rings is 1. The van der Waals surface area contributed by atoms with Gasteiger partial charge in [0.05, 0.1) is 17.1 Å². The first kappa shape index (κ1) is 17.9. The highest BCUT2D eigenvalue weighted by Crippen LogP contribution is 2.18. The molecule has 1 aromatic carbocycles. The lowest BCUT2D eigenvalue weighted by atomic mass is 10.1. The summed E-state index contributed by atoms with van der Waals surface area (Å²) in [6.07, 6.45) is 5.97. The van der Waals surface area contributed by atoms with Crippen LogP contribution in [0.3, 0.4) is 0 Å². The number of carbonyl (C=O) groups excluding carboxylic acids is 1. The van der Waals surface area contributed by atoms with E-state index < -0.39 is 0 Å². The van der Waals surface area contributed by atoms with Crippen molar-refractivity contribution in [3.8, 4) is 0 Å². The topological polar surface area (TPSA) is 58.2 Å². The summed E-state index contributed by atoms with van der Waals surface area (Å²) in [6.45, 7) is 5.90. The Kier molecular flexibility index (Phi) is 5.74. The Morgan fingerprint density at radius 2 is 2.16 bits per heavy atom. The lowest BCUT2D eigenvalue weighted by Gasteiger charge is -2.18. The highest BCUT2D eigenvalue weighted by Gasteiger charge is 2.16. The number of imidazole rings is 1. The summed E-state index contributed by atoms with van der Waals surface area (Å²) in [5.74, 6) is 1.07. The number of aromatic nitrogens is 2. The predicted octanol–water partition coefficient (Wildman–Crippen LogP) is 3.53. The molecule has 1 aromatic heterocycles. The second-order valence-electron chi connectivity index (χ2n) is 7.23. The first-order valence-corrected chi connectivity index (χ1v) is 9.34. The number of hydrogen-bond acceptors (Lipinski definition) is 3. The SMILES string of the molecule is Cc1cc2nc(CCC(=O)N(C)CCCC3CCCO3)[nH]c2cc1C. The van der Waals surface area contributed by atoms with Gasteiger partial charge in [-0.15, -0.1) is 0 Å². The zero-order valence-electron chi connectivity index (χ0n) is 15.6. The molecule has 3 rings (SSSR count). The minimum atomic E-state index is 0.181. The molecule has 2 heterocycles. The number of aryl methyl sites for hydroxylation is 3. The van der Waals surface area contributed by atoms with Gasteiger partial charge in [0.2, 0.25) is 5.91 Å². The molecule has 1 atom stereocenters. The standard InChI is InChI=1S/C20H29N3O2/c1-14-12-17-18(13-15(14)2)22-19(21-17)8-9-20(24)23(3)10-4-6-16-7-5-11-25-16/h12-13,16H,4-11H2,1-3H3,(H,21,22).